The fourth-order valence-corrected chi connectivity index (χ4v) is 3.41. The summed E-state index contributed by atoms with van der Waals surface area (Å²) in [4.78, 5) is 28.7. The Kier molecular flexibility index (Phi) is 5.93. The zero-order chi connectivity index (χ0) is 18.5. The minimum atomic E-state index is -0.383. The van der Waals surface area contributed by atoms with Gasteiger partial charge in [-0.25, -0.2) is 0 Å². The molecule has 3 N–H and O–H groups in total. The normalized spacial score (nSPS) is 16.6. The van der Waals surface area contributed by atoms with Crippen molar-refractivity contribution in [2.24, 2.45) is 5.73 Å². The highest BCUT2D eigenvalue weighted by atomic mass is 16.5. The average molecular weight is 357 g/mol. The fourth-order valence-electron chi connectivity index (χ4n) is 3.41. The molecule has 0 bridgehead atoms. The van der Waals surface area contributed by atoms with E-state index in [0.29, 0.717) is 18.5 Å². The summed E-state index contributed by atoms with van der Waals surface area (Å²) in [6.07, 6.45) is 6.08. The van der Waals surface area contributed by atoms with Gasteiger partial charge < -0.3 is 20.4 Å². The van der Waals surface area contributed by atoms with Gasteiger partial charge in [0.15, 0.2) is 0 Å². The summed E-state index contributed by atoms with van der Waals surface area (Å²) >= 11 is 0. The molecule has 1 amide bonds. The molecular formula is C20H27N3O3. The summed E-state index contributed by atoms with van der Waals surface area (Å²) < 4.78 is 6.08. The van der Waals surface area contributed by atoms with E-state index in [0.717, 1.165) is 43.2 Å². The molecule has 0 aliphatic carbocycles. The zero-order valence-electron chi connectivity index (χ0n) is 15.2. The third-order valence-corrected chi connectivity index (χ3v) is 4.99. The molecule has 6 nitrogen and oxygen atoms in total. The van der Waals surface area contributed by atoms with Gasteiger partial charge in [-0.3, -0.25) is 9.59 Å². The van der Waals surface area contributed by atoms with Crippen molar-refractivity contribution in [1.82, 2.24) is 9.88 Å². The Bertz CT molecular complexity index is 809. The van der Waals surface area contributed by atoms with Gasteiger partial charge in [-0.15, -0.1) is 0 Å². The Labute approximate surface area is 153 Å². The molecule has 140 valence electrons. The molecule has 26 heavy (non-hydrogen) atoms. The Morgan fingerprint density at radius 2 is 2.12 bits per heavy atom. The average Bonchev–Trinajstić information content (AvgIpc) is 2.66. The number of carbonyl (C=O) groups is 1. The minimum Gasteiger partial charge on any atom is -0.490 e. The highest BCUT2D eigenvalue weighted by Gasteiger charge is 2.26. The van der Waals surface area contributed by atoms with Gasteiger partial charge in [0.1, 0.15) is 11.9 Å². The standard InChI is InChI=1S/C20H27N3O3/c1-2-3-4-18(21)20(25)23-11-8-15(9-12-23)26-16-5-6-17-14(13-16)7-10-22-19(17)24/h5-7,10,13,15,18H,2-4,8-9,11-12,21H2,1H3,(H,22,24). The van der Waals surface area contributed by atoms with E-state index in [2.05, 4.69) is 11.9 Å². The van der Waals surface area contributed by atoms with Gasteiger partial charge in [0.2, 0.25) is 5.91 Å². The molecule has 0 radical (unpaired) electrons. The molecule has 1 unspecified atom stereocenters. The van der Waals surface area contributed by atoms with Crippen LogP contribution in [0.15, 0.2) is 35.3 Å². The number of aromatic amines is 1. The van der Waals surface area contributed by atoms with Crippen LogP contribution in [0, 0.1) is 0 Å². The number of amides is 1. The number of benzene rings is 1. The van der Waals surface area contributed by atoms with Crippen LogP contribution in [0.1, 0.15) is 39.0 Å². The predicted octanol–water partition coefficient (Wildman–Crippen LogP) is 2.42. The highest BCUT2D eigenvalue weighted by Crippen LogP contribution is 2.23. The lowest BCUT2D eigenvalue weighted by molar-refractivity contribution is -0.134. The topological polar surface area (TPSA) is 88.4 Å². The molecule has 2 heterocycles. The number of hydrogen-bond donors (Lipinski definition) is 2. The van der Waals surface area contributed by atoms with Gasteiger partial charge in [0, 0.05) is 37.5 Å². The first kappa shape index (κ1) is 18.5. The fraction of sp³-hybridized carbons (Fsp3) is 0.500. The SMILES string of the molecule is CCCCC(N)C(=O)N1CCC(Oc2ccc3c(=O)[nH]ccc3c2)CC1. The number of likely N-dealkylation sites (tertiary alicyclic amines) is 1. The van der Waals surface area contributed by atoms with Crippen molar-refractivity contribution in [2.75, 3.05) is 13.1 Å². The smallest absolute Gasteiger partial charge is 0.255 e. The van der Waals surface area contributed by atoms with Gasteiger partial charge in [-0.1, -0.05) is 19.8 Å². The second-order valence-corrected chi connectivity index (χ2v) is 6.95. The van der Waals surface area contributed by atoms with Gasteiger partial charge in [-0.05, 0) is 36.1 Å². The van der Waals surface area contributed by atoms with Crippen molar-refractivity contribution in [3.8, 4) is 5.75 Å². The summed E-state index contributed by atoms with van der Waals surface area (Å²) in [7, 11) is 0. The maximum atomic E-state index is 12.4. The summed E-state index contributed by atoms with van der Waals surface area (Å²) in [5, 5.41) is 1.52. The van der Waals surface area contributed by atoms with Crippen LogP contribution in [0.2, 0.25) is 0 Å². The summed E-state index contributed by atoms with van der Waals surface area (Å²) in [5.41, 5.74) is 5.91. The molecule has 0 saturated carbocycles. The number of pyridine rings is 1. The van der Waals surface area contributed by atoms with Gasteiger partial charge in [0.05, 0.1) is 6.04 Å². The number of rotatable bonds is 6. The van der Waals surface area contributed by atoms with Crippen LogP contribution < -0.4 is 16.0 Å². The molecule has 1 aliphatic heterocycles. The maximum absolute atomic E-state index is 12.4. The number of nitrogens with zero attached hydrogens (tertiary/aromatic N) is 1. The van der Waals surface area contributed by atoms with Crippen LogP contribution in [-0.4, -0.2) is 41.0 Å². The number of fused-ring (bicyclic) bond motifs is 1. The number of hydrogen-bond acceptors (Lipinski definition) is 4. The first-order valence-corrected chi connectivity index (χ1v) is 9.41. The number of piperidine rings is 1. The largest absolute Gasteiger partial charge is 0.490 e. The van der Waals surface area contributed by atoms with Crippen LogP contribution >= 0.6 is 0 Å². The van der Waals surface area contributed by atoms with Crippen LogP contribution in [0.5, 0.6) is 5.75 Å². The molecule has 1 atom stereocenters. The molecule has 1 aliphatic rings. The third kappa shape index (κ3) is 4.25. The van der Waals surface area contributed by atoms with E-state index < -0.39 is 0 Å². The molecule has 3 rings (SSSR count). The zero-order valence-corrected chi connectivity index (χ0v) is 15.2. The van der Waals surface area contributed by atoms with E-state index >= 15 is 0 Å². The first-order chi connectivity index (χ1) is 12.6. The van der Waals surface area contributed by atoms with Crippen molar-refractivity contribution >= 4 is 16.7 Å². The van der Waals surface area contributed by atoms with Crippen molar-refractivity contribution in [1.29, 1.82) is 0 Å². The predicted molar refractivity (Wildman–Crippen MR) is 102 cm³/mol. The molecule has 6 heteroatoms. The lowest BCUT2D eigenvalue weighted by Crippen LogP contribution is -2.48. The monoisotopic (exact) mass is 357 g/mol. The number of H-pyrrole nitrogens is 1. The molecule has 1 fully saturated rings. The lowest BCUT2D eigenvalue weighted by Gasteiger charge is -2.33. The number of nitrogens with one attached hydrogen (secondary N) is 1. The Morgan fingerprint density at radius 1 is 1.35 bits per heavy atom. The van der Waals surface area contributed by atoms with Crippen LogP contribution in [0.3, 0.4) is 0 Å². The Hall–Kier alpha value is -2.34. The lowest BCUT2D eigenvalue weighted by atomic mass is 10.0. The number of nitrogens with two attached hydrogens (primary N) is 1. The van der Waals surface area contributed by atoms with Crippen molar-refractivity contribution < 1.29 is 9.53 Å². The van der Waals surface area contributed by atoms with Crippen molar-refractivity contribution in [3.63, 3.8) is 0 Å². The minimum absolute atomic E-state index is 0.0573. The van der Waals surface area contributed by atoms with Gasteiger partial charge in [-0.2, -0.15) is 0 Å². The summed E-state index contributed by atoms with van der Waals surface area (Å²) in [5.74, 6) is 0.814. The van der Waals surface area contributed by atoms with Gasteiger partial charge in [0.25, 0.3) is 5.56 Å². The summed E-state index contributed by atoms with van der Waals surface area (Å²) in [6.45, 7) is 3.45. The number of ether oxygens (including phenoxy) is 1. The van der Waals surface area contributed by atoms with Gasteiger partial charge >= 0.3 is 0 Å². The summed E-state index contributed by atoms with van der Waals surface area (Å²) in [6, 6.07) is 6.99. The van der Waals surface area contributed by atoms with Crippen molar-refractivity contribution in [2.45, 2.75) is 51.2 Å². The number of unbranched alkanes of at least 4 members (excludes halogenated alkanes) is 1. The second kappa shape index (κ2) is 8.36. The van der Waals surface area contributed by atoms with E-state index in [-0.39, 0.29) is 23.6 Å². The van der Waals surface area contributed by atoms with E-state index in [1.54, 1.807) is 12.3 Å². The molecule has 2 aromatic rings. The molecular weight excluding hydrogens is 330 g/mol. The molecule has 0 spiro atoms. The number of aromatic nitrogens is 1. The van der Waals surface area contributed by atoms with Crippen LogP contribution in [0.25, 0.3) is 10.8 Å². The molecule has 1 saturated heterocycles. The molecule has 1 aromatic carbocycles. The third-order valence-electron chi connectivity index (χ3n) is 4.99. The quantitative estimate of drug-likeness (QED) is 0.831. The van der Waals surface area contributed by atoms with Crippen molar-refractivity contribution in [3.05, 3.63) is 40.8 Å². The van der Waals surface area contributed by atoms with E-state index in [1.165, 1.54) is 0 Å². The van der Waals surface area contributed by atoms with E-state index in [9.17, 15) is 9.59 Å². The van der Waals surface area contributed by atoms with Crippen LogP contribution in [0.4, 0.5) is 0 Å². The second-order valence-electron chi connectivity index (χ2n) is 6.95. The molecule has 1 aromatic heterocycles. The van der Waals surface area contributed by atoms with E-state index in [1.807, 2.05) is 23.1 Å². The maximum Gasteiger partial charge on any atom is 0.255 e. The van der Waals surface area contributed by atoms with Crippen LogP contribution in [-0.2, 0) is 4.79 Å². The number of carbonyl (C=O) groups excluding carboxylic acids is 1. The highest BCUT2D eigenvalue weighted by molar-refractivity contribution is 5.83. The first-order valence-electron chi connectivity index (χ1n) is 9.41. The van der Waals surface area contributed by atoms with E-state index in [4.69, 9.17) is 10.5 Å². The Morgan fingerprint density at radius 3 is 2.85 bits per heavy atom. The Balaban J connectivity index is 1.55.